The van der Waals surface area contributed by atoms with E-state index in [1.165, 1.54) is 5.56 Å². The number of nitrogens with zero attached hydrogens (tertiary/aromatic N) is 5. The van der Waals surface area contributed by atoms with E-state index in [4.69, 9.17) is 10.00 Å². The molecule has 0 N–H and O–H groups in total. The van der Waals surface area contributed by atoms with Crippen LogP contribution in [0.5, 0.6) is 5.88 Å². The first-order valence-electron chi connectivity index (χ1n) is 8.76. The molecule has 0 aromatic carbocycles. The second-order valence-electron chi connectivity index (χ2n) is 6.40. The Morgan fingerprint density at radius 2 is 2.08 bits per heavy atom. The Hall–Kier alpha value is -2.68. The minimum Gasteiger partial charge on any atom is -0.476 e. The lowest BCUT2D eigenvalue weighted by molar-refractivity contribution is 0.214. The molecular weight excluding hydrogens is 314 g/mol. The second kappa shape index (κ2) is 7.93. The average molecular weight is 337 g/mol. The molecule has 0 saturated carbocycles. The quantitative estimate of drug-likeness (QED) is 0.835. The number of ether oxygens (including phenoxy) is 1. The fraction of sp³-hybridized carbons (Fsp3) is 0.474. The van der Waals surface area contributed by atoms with Gasteiger partial charge in [0.25, 0.3) is 0 Å². The van der Waals surface area contributed by atoms with Crippen molar-refractivity contribution < 1.29 is 4.74 Å². The summed E-state index contributed by atoms with van der Waals surface area (Å²) in [5.41, 5.74) is 2.80. The van der Waals surface area contributed by atoms with Crippen molar-refractivity contribution in [2.45, 2.75) is 33.1 Å². The van der Waals surface area contributed by atoms with Crippen molar-refractivity contribution in [1.29, 1.82) is 5.26 Å². The van der Waals surface area contributed by atoms with E-state index in [1.807, 2.05) is 19.1 Å². The Labute approximate surface area is 148 Å². The van der Waals surface area contributed by atoms with Gasteiger partial charge in [0.15, 0.2) is 0 Å². The summed E-state index contributed by atoms with van der Waals surface area (Å²) in [6.45, 7) is 6.60. The first-order valence-corrected chi connectivity index (χ1v) is 8.76. The highest BCUT2D eigenvalue weighted by molar-refractivity contribution is 5.45. The van der Waals surface area contributed by atoms with E-state index in [1.54, 1.807) is 12.3 Å². The van der Waals surface area contributed by atoms with Crippen LogP contribution in [-0.2, 0) is 6.42 Å². The van der Waals surface area contributed by atoms with Gasteiger partial charge in [0.1, 0.15) is 5.82 Å². The normalized spacial score (nSPS) is 15.0. The van der Waals surface area contributed by atoms with Gasteiger partial charge in [0.2, 0.25) is 5.88 Å². The molecule has 0 bridgehead atoms. The van der Waals surface area contributed by atoms with E-state index < -0.39 is 0 Å². The van der Waals surface area contributed by atoms with Gasteiger partial charge >= 0.3 is 0 Å². The Morgan fingerprint density at radius 1 is 1.28 bits per heavy atom. The smallest absolute Gasteiger partial charge is 0.233 e. The first-order chi connectivity index (χ1) is 12.2. The zero-order chi connectivity index (χ0) is 17.6. The topological polar surface area (TPSA) is 74.9 Å². The Bertz CT molecular complexity index is 763. The number of anilines is 1. The highest BCUT2D eigenvalue weighted by Crippen LogP contribution is 2.23. The Kier molecular flexibility index (Phi) is 5.44. The molecule has 6 heteroatoms. The molecule has 3 heterocycles. The minimum atomic E-state index is 0.503. The zero-order valence-corrected chi connectivity index (χ0v) is 14.8. The van der Waals surface area contributed by atoms with E-state index in [9.17, 15) is 0 Å². The maximum Gasteiger partial charge on any atom is 0.233 e. The van der Waals surface area contributed by atoms with Crippen LogP contribution in [-0.4, -0.2) is 34.9 Å². The summed E-state index contributed by atoms with van der Waals surface area (Å²) >= 11 is 0. The van der Waals surface area contributed by atoms with Gasteiger partial charge in [-0.25, -0.2) is 4.98 Å². The SMILES string of the molecule is CCc1cc(OCC2CCN(c3cc(C#N)ccn3)CC2)nnc1C. The van der Waals surface area contributed by atoms with Gasteiger partial charge in [0, 0.05) is 25.4 Å². The number of aromatic nitrogens is 3. The molecule has 130 valence electrons. The fourth-order valence-electron chi connectivity index (χ4n) is 3.09. The van der Waals surface area contributed by atoms with E-state index in [-0.39, 0.29) is 0 Å². The van der Waals surface area contributed by atoms with Gasteiger partial charge in [-0.1, -0.05) is 6.92 Å². The molecule has 1 fully saturated rings. The molecule has 2 aromatic rings. The Balaban J connectivity index is 1.52. The summed E-state index contributed by atoms with van der Waals surface area (Å²) in [7, 11) is 0. The van der Waals surface area contributed by atoms with E-state index in [2.05, 4.69) is 33.1 Å². The van der Waals surface area contributed by atoms with E-state index in [0.29, 0.717) is 24.0 Å². The van der Waals surface area contributed by atoms with Crippen molar-refractivity contribution in [3.8, 4) is 11.9 Å². The van der Waals surface area contributed by atoms with Gasteiger partial charge in [-0.15, -0.1) is 5.10 Å². The van der Waals surface area contributed by atoms with Crippen molar-refractivity contribution in [3.05, 3.63) is 41.2 Å². The monoisotopic (exact) mass is 337 g/mol. The largest absolute Gasteiger partial charge is 0.476 e. The first kappa shape index (κ1) is 17.2. The van der Waals surface area contributed by atoms with Crippen molar-refractivity contribution >= 4 is 5.82 Å². The number of pyridine rings is 1. The minimum absolute atomic E-state index is 0.503. The molecule has 0 radical (unpaired) electrons. The zero-order valence-electron chi connectivity index (χ0n) is 14.8. The van der Waals surface area contributed by atoms with Gasteiger partial charge in [-0.2, -0.15) is 10.4 Å². The third-order valence-electron chi connectivity index (χ3n) is 4.72. The van der Waals surface area contributed by atoms with Crippen molar-refractivity contribution in [2.75, 3.05) is 24.6 Å². The molecule has 1 saturated heterocycles. The second-order valence-corrected chi connectivity index (χ2v) is 6.40. The van der Waals surface area contributed by atoms with Gasteiger partial charge in [0.05, 0.1) is 23.9 Å². The van der Waals surface area contributed by atoms with Crippen LogP contribution in [0.15, 0.2) is 24.4 Å². The maximum atomic E-state index is 9.01. The van der Waals surface area contributed by atoms with E-state index in [0.717, 1.165) is 43.9 Å². The summed E-state index contributed by atoms with van der Waals surface area (Å²) in [4.78, 5) is 6.62. The highest BCUT2D eigenvalue weighted by atomic mass is 16.5. The molecule has 0 unspecified atom stereocenters. The third-order valence-corrected chi connectivity index (χ3v) is 4.72. The fourth-order valence-corrected chi connectivity index (χ4v) is 3.09. The molecule has 3 rings (SSSR count). The van der Waals surface area contributed by atoms with Crippen LogP contribution in [0, 0.1) is 24.2 Å². The molecule has 1 aliphatic heterocycles. The van der Waals surface area contributed by atoms with E-state index >= 15 is 0 Å². The number of aryl methyl sites for hydroxylation is 2. The van der Waals surface area contributed by atoms with Crippen molar-refractivity contribution in [3.63, 3.8) is 0 Å². The number of hydrogen-bond donors (Lipinski definition) is 0. The summed E-state index contributed by atoms with van der Waals surface area (Å²) in [6, 6.07) is 7.75. The molecule has 0 aliphatic carbocycles. The third kappa shape index (κ3) is 4.24. The van der Waals surface area contributed by atoms with Crippen LogP contribution in [0.4, 0.5) is 5.82 Å². The average Bonchev–Trinajstić information content (AvgIpc) is 2.68. The molecular formula is C19H23N5O. The maximum absolute atomic E-state index is 9.01. The number of rotatable bonds is 5. The van der Waals surface area contributed by atoms with Crippen LogP contribution in [0.2, 0.25) is 0 Å². The molecule has 6 nitrogen and oxygen atoms in total. The van der Waals surface area contributed by atoms with Gasteiger partial charge in [-0.05, 0) is 49.8 Å². The Morgan fingerprint density at radius 3 is 2.80 bits per heavy atom. The lowest BCUT2D eigenvalue weighted by Crippen LogP contribution is -2.36. The molecule has 0 amide bonds. The van der Waals surface area contributed by atoms with Crippen LogP contribution < -0.4 is 9.64 Å². The number of nitriles is 1. The summed E-state index contributed by atoms with van der Waals surface area (Å²) in [5, 5.41) is 17.3. The van der Waals surface area contributed by atoms with Crippen LogP contribution in [0.1, 0.15) is 36.6 Å². The molecule has 0 spiro atoms. The molecule has 25 heavy (non-hydrogen) atoms. The predicted molar refractivity (Wildman–Crippen MR) is 95.5 cm³/mol. The predicted octanol–water partition coefficient (Wildman–Crippen LogP) is 2.91. The van der Waals surface area contributed by atoms with Crippen LogP contribution in [0.3, 0.4) is 0 Å². The van der Waals surface area contributed by atoms with Crippen molar-refractivity contribution in [2.24, 2.45) is 5.92 Å². The summed E-state index contributed by atoms with van der Waals surface area (Å²) < 4.78 is 5.87. The molecule has 2 aromatic heterocycles. The van der Waals surface area contributed by atoms with Gasteiger partial charge < -0.3 is 9.64 Å². The van der Waals surface area contributed by atoms with Crippen LogP contribution >= 0.6 is 0 Å². The summed E-state index contributed by atoms with van der Waals surface area (Å²) in [6.07, 6.45) is 4.71. The summed E-state index contributed by atoms with van der Waals surface area (Å²) in [5.74, 6) is 2.01. The molecule has 1 aliphatic rings. The number of hydrogen-bond acceptors (Lipinski definition) is 6. The standard InChI is InChI=1S/C19H23N5O/c1-3-17-11-19(23-22-14(17)2)25-13-15-5-8-24(9-6-15)18-10-16(12-20)4-7-21-18/h4,7,10-11,15H,3,5-6,8-9,13H2,1-2H3. The molecule has 0 atom stereocenters. The number of piperidine rings is 1. The van der Waals surface area contributed by atoms with Crippen LogP contribution in [0.25, 0.3) is 0 Å². The lowest BCUT2D eigenvalue weighted by Gasteiger charge is -2.32. The highest BCUT2D eigenvalue weighted by Gasteiger charge is 2.21. The van der Waals surface area contributed by atoms with Gasteiger partial charge in [-0.3, -0.25) is 0 Å². The van der Waals surface area contributed by atoms with Crippen molar-refractivity contribution in [1.82, 2.24) is 15.2 Å². The lowest BCUT2D eigenvalue weighted by atomic mass is 9.98.